The molecule has 26 heavy (non-hydrogen) atoms. The summed E-state index contributed by atoms with van der Waals surface area (Å²) in [5.41, 5.74) is 2.69. The summed E-state index contributed by atoms with van der Waals surface area (Å²) in [5, 5.41) is 6.20. The molecule has 2 heterocycles. The number of carbonyl (C=O) groups is 1. The largest absolute Gasteiger partial charge is 0.376 e. The normalized spacial score (nSPS) is 17.1. The van der Waals surface area contributed by atoms with E-state index in [0.717, 1.165) is 25.1 Å². The number of rotatable bonds is 5. The van der Waals surface area contributed by atoms with E-state index >= 15 is 0 Å². The number of hydrogen-bond donors (Lipinski definition) is 2. The van der Waals surface area contributed by atoms with Crippen LogP contribution in [0.25, 0.3) is 0 Å². The van der Waals surface area contributed by atoms with Crippen molar-refractivity contribution < 1.29 is 9.53 Å². The van der Waals surface area contributed by atoms with Gasteiger partial charge in [-0.05, 0) is 48.1 Å². The van der Waals surface area contributed by atoms with Gasteiger partial charge in [0, 0.05) is 30.6 Å². The lowest BCUT2D eigenvalue weighted by Crippen LogP contribution is -2.19. The first-order valence-corrected chi connectivity index (χ1v) is 9.15. The van der Waals surface area contributed by atoms with Crippen LogP contribution in [0.5, 0.6) is 0 Å². The molecule has 1 atom stereocenters. The maximum Gasteiger partial charge on any atom is 0.255 e. The van der Waals surface area contributed by atoms with Crippen molar-refractivity contribution in [2.45, 2.75) is 45.1 Å². The van der Waals surface area contributed by atoms with Crippen LogP contribution in [0.2, 0.25) is 0 Å². The molecule has 1 aliphatic rings. The molecule has 1 saturated heterocycles. The van der Waals surface area contributed by atoms with Crippen LogP contribution in [-0.2, 0) is 10.2 Å². The fourth-order valence-corrected chi connectivity index (χ4v) is 2.95. The monoisotopic (exact) mass is 353 g/mol. The summed E-state index contributed by atoms with van der Waals surface area (Å²) in [6.07, 6.45) is 4.05. The lowest BCUT2D eigenvalue weighted by molar-refractivity contribution is 0.102. The van der Waals surface area contributed by atoms with Crippen LogP contribution in [0.15, 0.2) is 42.6 Å². The van der Waals surface area contributed by atoms with E-state index in [1.165, 1.54) is 5.56 Å². The number of aromatic nitrogens is 1. The first-order chi connectivity index (χ1) is 12.4. The molecule has 138 valence electrons. The summed E-state index contributed by atoms with van der Waals surface area (Å²) in [5.74, 6) is 0.548. The predicted octanol–water partition coefficient (Wildman–Crippen LogP) is 4.22. The highest BCUT2D eigenvalue weighted by Crippen LogP contribution is 2.23. The molecule has 2 aromatic rings. The van der Waals surface area contributed by atoms with Gasteiger partial charge >= 0.3 is 0 Å². The quantitative estimate of drug-likeness (QED) is 0.845. The Morgan fingerprint density at radius 1 is 1.23 bits per heavy atom. The molecule has 3 rings (SSSR count). The fourth-order valence-electron chi connectivity index (χ4n) is 2.95. The lowest BCUT2D eigenvalue weighted by Gasteiger charge is -2.19. The summed E-state index contributed by atoms with van der Waals surface area (Å²) in [6.45, 7) is 8.05. The Morgan fingerprint density at radius 3 is 2.65 bits per heavy atom. The summed E-state index contributed by atoms with van der Waals surface area (Å²) in [4.78, 5) is 16.8. The first kappa shape index (κ1) is 18.4. The topological polar surface area (TPSA) is 63.2 Å². The fraction of sp³-hybridized carbons (Fsp3) is 0.429. The highest BCUT2D eigenvalue weighted by atomic mass is 16.5. The minimum absolute atomic E-state index is 0.0945. The molecular formula is C21H27N3O2. The molecule has 1 unspecified atom stereocenters. The molecular weight excluding hydrogens is 326 g/mol. The highest BCUT2D eigenvalue weighted by molar-refractivity contribution is 6.04. The number of nitrogens with zero attached hydrogens (tertiary/aromatic N) is 1. The van der Waals surface area contributed by atoms with Gasteiger partial charge in [-0.3, -0.25) is 4.79 Å². The third-order valence-electron chi connectivity index (χ3n) is 4.57. The Labute approximate surface area is 155 Å². The molecule has 1 aromatic carbocycles. The number of amides is 1. The molecule has 1 fully saturated rings. The van der Waals surface area contributed by atoms with Gasteiger partial charge in [-0.1, -0.05) is 32.9 Å². The molecule has 1 aliphatic heterocycles. The number of anilines is 2. The Balaban J connectivity index is 1.61. The highest BCUT2D eigenvalue weighted by Gasteiger charge is 2.16. The minimum Gasteiger partial charge on any atom is -0.376 e. The number of carbonyl (C=O) groups excluding carboxylic acids is 1. The van der Waals surface area contributed by atoms with E-state index in [2.05, 4.69) is 48.5 Å². The molecule has 0 radical (unpaired) electrons. The zero-order valence-corrected chi connectivity index (χ0v) is 15.7. The summed E-state index contributed by atoms with van der Waals surface area (Å²) >= 11 is 0. The van der Waals surface area contributed by atoms with Gasteiger partial charge in [-0.25, -0.2) is 4.98 Å². The van der Waals surface area contributed by atoms with Crippen LogP contribution in [-0.4, -0.2) is 30.1 Å². The van der Waals surface area contributed by atoms with Crippen molar-refractivity contribution in [3.05, 3.63) is 53.7 Å². The first-order valence-electron chi connectivity index (χ1n) is 9.15. The number of pyridine rings is 1. The van der Waals surface area contributed by atoms with E-state index in [1.807, 2.05) is 12.1 Å². The Kier molecular flexibility index (Phi) is 5.57. The second-order valence-corrected chi connectivity index (χ2v) is 7.73. The molecule has 5 heteroatoms. The van der Waals surface area contributed by atoms with E-state index in [4.69, 9.17) is 4.74 Å². The predicted molar refractivity (Wildman–Crippen MR) is 105 cm³/mol. The molecule has 2 N–H and O–H groups in total. The van der Waals surface area contributed by atoms with Gasteiger partial charge in [-0.15, -0.1) is 0 Å². The molecule has 5 nitrogen and oxygen atoms in total. The van der Waals surface area contributed by atoms with Crippen molar-refractivity contribution in [3.63, 3.8) is 0 Å². The zero-order valence-electron chi connectivity index (χ0n) is 15.7. The van der Waals surface area contributed by atoms with E-state index in [-0.39, 0.29) is 17.4 Å². The minimum atomic E-state index is -0.143. The Hall–Kier alpha value is -2.40. The smallest absolute Gasteiger partial charge is 0.255 e. The van der Waals surface area contributed by atoms with Crippen molar-refractivity contribution in [1.29, 1.82) is 0 Å². The summed E-state index contributed by atoms with van der Waals surface area (Å²) < 4.78 is 5.60. The number of ether oxygens (including phenoxy) is 1. The Morgan fingerprint density at radius 2 is 2.00 bits per heavy atom. The third kappa shape index (κ3) is 4.82. The zero-order chi connectivity index (χ0) is 18.6. The van der Waals surface area contributed by atoms with Gasteiger partial charge in [-0.2, -0.15) is 0 Å². The van der Waals surface area contributed by atoms with Gasteiger partial charge in [0.25, 0.3) is 5.91 Å². The van der Waals surface area contributed by atoms with Gasteiger partial charge in [0.1, 0.15) is 5.82 Å². The number of hydrogen-bond acceptors (Lipinski definition) is 4. The van der Waals surface area contributed by atoms with Crippen LogP contribution in [0.4, 0.5) is 11.5 Å². The third-order valence-corrected chi connectivity index (χ3v) is 4.57. The van der Waals surface area contributed by atoms with Gasteiger partial charge in [0.05, 0.1) is 6.10 Å². The summed E-state index contributed by atoms with van der Waals surface area (Å²) in [7, 11) is 0. The van der Waals surface area contributed by atoms with Crippen LogP contribution >= 0.6 is 0 Å². The van der Waals surface area contributed by atoms with E-state index in [0.29, 0.717) is 17.9 Å². The second-order valence-electron chi connectivity index (χ2n) is 7.73. The van der Waals surface area contributed by atoms with Crippen molar-refractivity contribution in [3.8, 4) is 0 Å². The molecule has 0 saturated carbocycles. The Bertz CT molecular complexity index is 745. The maximum atomic E-state index is 12.5. The van der Waals surface area contributed by atoms with Crippen LogP contribution in [0, 0.1) is 0 Å². The second kappa shape index (κ2) is 7.87. The molecule has 0 aliphatic carbocycles. The van der Waals surface area contributed by atoms with Gasteiger partial charge in [0.15, 0.2) is 0 Å². The van der Waals surface area contributed by atoms with E-state index < -0.39 is 0 Å². The number of nitrogens with one attached hydrogen (secondary N) is 2. The van der Waals surface area contributed by atoms with Crippen LogP contribution in [0.1, 0.15) is 49.5 Å². The van der Waals surface area contributed by atoms with Crippen molar-refractivity contribution in [2.24, 2.45) is 0 Å². The average molecular weight is 353 g/mol. The average Bonchev–Trinajstić information content (AvgIpc) is 3.13. The molecule has 0 bridgehead atoms. The van der Waals surface area contributed by atoms with Crippen LogP contribution in [0.3, 0.4) is 0 Å². The molecule has 0 spiro atoms. The maximum absolute atomic E-state index is 12.5. The number of benzene rings is 1. The molecule has 1 aromatic heterocycles. The SMILES string of the molecule is CC(C)(C)c1ccc(NC(=O)c2ccnc(NCC3CCCO3)c2)cc1. The van der Waals surface area contributed by atoms with Crippen LogP contribution < -0.4 is 10.6 Å². The van der Waals surface area contributed by atoms with E-state index in [9.17, 15) is 4.79 Å². The van der Waals surface area contributed by atoms with Gasteiger partial charge < -0.3 is 15.4 Å². The van der Waals surface area contributed by atoms with Crippen molar-refractivity contribution >= 4 is 17.4 Å². The van der Waals surface area contributed by atoms with Crippen molar-refractivity contribution in [2.75, 3.05) is 23.8 Å². The van der Waals surface area contributed by atoms with Crippen molar-refractivity contribution in [1.82, 2.24) is 4.98 Å². The van der Waals surface area contributed by atoms with E-state index in [1.54, 1.807) is 18.3 Å². The van der Waals surface area contributed by atoms with Gasteiger partial charge in [0.2, 0.25) is 0 Å². The lowest BCUT2D eigenvalue weighted by atomic mass is 9.87. The summed E-state index contributed by atoms with van der Waals surface area (Å²) in [6, 6.07) is 11.5. The standard InChI is InChI=1S/C21H27N3O2/c1-21(2,3)16-6-8-17(9-7-16)24-20(25)15-10-11-22-19(13-15)23-14-18-5-4-12-26-18/h6-11,13,18H,4-5,12,14H2,1-3H3,(H,22,23)(H,24,25). The molecule has 1 amide bonds.